The maximum atomic E-state index is 14.0. The van der Waals surface area contributed by atoms with Crippen molar-refractivity contribution < 1.29 is 27.0 Å². The van der Waals surface area contributed by atoms with Crippen LogP contribution in [0, 0.1) is 45.9 Å². The Morgan fingerprint density at radius 1 is 0.596 bits per heavy atom. The Morgan fingerprint density at radius 2 is 1.03 bits per heavy atom. The van der Waals surface area contributed by atoms with Crippen LogP contribution in [0.25, 0.3) is 21.8 Å². The number of alkyl halides is 1. The molecule has 2 aliphatic rings. The Labute approximate surface area is 576 Å². The summed E-state index contributed by atoms with van der Waals surface area (Å²) in [6.07, 6.45) is 11.7. The van der Waals surface area contributed by atoms with Gasteiger partial charge in [-0.05, 0) is 159 Å². The molecule has 26 heteroatoms. The van der Waals surface area contributed by atoms with Gasteiger partial charge in [-0.25, -0.2) is 26.9 Å². The minimum absolute atomic E-state index is 0. The number of nitrogens with zero attached hydrogens (tertiary/aromatic N) is 11. The van der Waals surface area contributed by atoms with Gasteiger partial charge in [0.2, 0.25) is 0 Å². The second-order valence-corrected chi connectivity index (χ2v) is 24.8. The van der Waals surface area contributed by atoms with Crippen LogP contribution in [0.4, 0.5) is 40.3 Å². The molecule has 2 aliphatic heterocycles. The van der Waals surface area contributed by atoms with Crippen molar-refractivity contribution >= 4 is 119 Å². The number of methoxy groups -OCH3 is 2. The number of likely N-dealkylation sites (tertiary alicyclic amines) is 1. The van der Waals surface area contributed by atoms with Crippen molar-refractivity contribution in [3.05, 3.63) is 222 Å². The van der Waals surface area contributed by atoms with Gasteiger partial charge in [-0.2, -0.15) is 10.5 Å². The molecule has 0 unspecified atom stereocenters. The molecule has 0 aliphatic carbocycles. The molecule has 3 N–H and O–H groups in total. The number of ether oxygens (including phenoxy) is 2. The van der Waals surface area contributed by atoms with E-state index in [-0.39, 0.29) is 69.1 Å². The van der Waals surface area contributed by atoms with Gasteiger partial charge >= 0.3 is 0 Å². The highest BCUT2D eigenvalue weighted by Crippen LogP contribution is 2.40. The van der Waals surface area contributed by atoms with Crippen LogP contribution in [0.3, 0.4) is 0 Å². The summed E-state index contributed by atoms with van der Waals surface area (Å²) in [6.45, 7) is 6.19. The Hall–Kier alpha value is -7.51. The summed E-state index contributed by atoms with van der Waals surface area (Å²) >= 11 is 28.8. The number of nitriles is 2. The van der Waals surface area contributed by atoms with E-state index < -0.39 is 11.6 Å². The largest absolute Gasteiger partial charge is 0.384 e. The third kappa shape index (κ3) is 17.7. The van der Waals surface area contributed by atoms with Gasteiger partial charge in [0.15, 0.2) is 0 Å². The molecule has 12 rings (SSSR count). The number of piperidine rings is 2. The Kier molecular flexibility index (Phi) is 25.4. The zero-order valence-corrected chi connectivity index (χ0v) is 56.4. The second kappa shape index (κ2) is 33.7. The average Bonchev–Trinajstić information content (AvgIpc) is 2.17. The quantitative estimate of drug-likeness (QED) is 0.0511. The topological polar surface area (TPSA) is 193 Å². The fraction of sp³-hybridized carbons (Fsp3) is 0.294. The first-order chi connectivity index (χ1) is 45.1. The van der Waals surface area contributed by atoms with Crippen LogP contribution in [-0.2, 0) is 22.3 Å². The lowest BCUT2D eigenvalue weighted by Gasteiger charge is -2.31. The van der Waals surface area contributed by atoms with E-state index >= 15 is 0 Å². The average molecular weight is 1440 g/mol. The number of benzene rings is 6. The SMILES string of the molecule is COCCBr.COCCN1CCC(n2cc([C@@H](Cc3cc(Cl)c4ncc(C#N)c(Nc5ccc(F)c(Cl)c5)c4c3)c3ccc(F)cc3)nn2)CC1.Cl.N#Cc1cnc2c(Cl)cc(C[C@@H](c3ccc(F)cc3)c3cn(C4CCNCC4)nn3)cc2c1Nc1ccc(F)c(Cl)c1. The van der Waals surface area contributed by atoms with E-state index in [0.29, 0.717) is 74.0 Å². The van der Waals surface area contributed by atoms with Crippen LogP contribution < -0.4 is 16.0 Å². The van der Waals surface area contributed by atoms with E-state index in [1.165, 1.54) is 73.1 Å². The number of fused-ring (bicyclic) bond motifs is 2. The maximum absolute atomic E-state index is 14.0. The van der Waals surface area contributed by atoms with Crippen molar-refractivity contribution in [2.45, 2.75) is 62.4 Å². The lowest BCUT2D eigenvalue weighted by Crippen LogP contribution is -2.36. The summed E-state index contributed by atoms with van der Waals surface area (Å²) in [4.78, 5) is 11.3. The van der Waals surface area contributed by atoms with Crippen LogP contribution in [0.1, 0.15) is 94.4 Å². The predicted octanol–water partition coefficient (Wildman–Crippen LogP) is 16.5. The summed E-state index contributed by atoms with van der Waals surface area (Å²) in [5.74, 6) is -2.24. The van der Waals surface area contributed by atoms with Gasteiger partial charge in [0.1, 0.15) is 35.4 Å². The third-order valence-corrected chi connectivity index (χ3v) is 17.8. The third-order valence-electron chi connectivity index (χ3n) is 16.3. The molecular formula is C68H64BrCl5F4N14O2. The number of pyridine rings is 2. The lowest BCUT2D eigenvalue weighted by atomic mass is 9.89. The summed E-state index contributed by atoms with van der Waals surface area (Å²) in [6, 6.07) is 33.7. The van der Waals surface area contributed by atoms with E-state index in [9.17, 15) is 28.1 Å². The van der Waals surface area contributed by atoms with E-state index in [2.05, 4.69) is 84.2 Å². The first-order valence-corrected chi connectivity index (χ1v) is 32.5. The molecule has 10 aromatic rings. The Morgan fingerprint density at radius 3 is 1.43 bits per heavy atom. The van der Waals surface area contributed by atoms with Gasteiger partial charge in [0, 0.05) is 98.0 Å². The molecule has 0 spiro atoms. The maximum Gasteiger partial charge on any atom is 0.141 e. The zero-order valence-electron chi connectivity index (χ0n) is 51.0. The molecule has 4 aromatic heterocycles. The number of halogens is 10. The molecule has 0 saturated carbocycles. The van der Waals surface area contributed by atoms with Gasteiger partial charge < -0.3 is 30.3 Å². The van der Waals surface area contributed by atoms with Crippen molar-refractivity contribution in [2.24, 2.45) is 0 Å². The lowest BCUT2D eigenvalue weighted by molar-refractivity contribution is 0.119. The zero-order chi connectivity index (χ0) is 65.5. The van der Waals surface area contributed by atoms with Gasteiger partial charge in [0.25, 0.3) is 0 Å². The summed E-state index contributed by atoms with van der Waals surface area (Å²) in [5, 5.41) is 50.6. The van der Waals surface area contributed by atoms with Crippen molar-refractivity contribution in [1.82, 2.24) is 50.2 Å². The molecule has 488 valence electrons. The number of nitrogens with one attached hydrogen (secondary N) is 3. The molecule has 94 heavy (non-hydrogen) atoms. The Balaban J connectivity index is 0.000000205. The highest BCUT2D eigenvalue weighted by atomic mass is 79.9. The molecule has 0 bridgehead atoms. The monoisotopic (exact) mass is 1440 g/mol. The van der Waals surface area contributed by atoms with Crippen LogP contribution in [0.5, 0.6) is 0 Å². The van der Waals surface area contributed by atoms with Crippen molar-refractivity contribution in [3.63, 3.8) is 0 Å². The fourth-order valence-electron chi connectivity index (χ4n) is 11.4. The van der Waals surface area contributed by atoms with Gasteiger partial charge in [-0.15, -0.1) is 22.6 Å². The molecule has 6 aromatic carbocycles. The van der Waals surface area contributed by atoms with Crippen molar-refractivity contribution in [1.29, 1.82) is 10.5 Å². The fourth-order valence-corrected chi connectivity index (χ4v) is 12.7. The molecule has 6 heterocycles. The van der Waals surface area contributed by atoms with Crippen LogP contribution in [0.2, 0.25) is 20.1 Å². The predicted molar refractivity (Wildman–Crippen MR) is 367 cm³/mol. The van der Waals surface area contributed by atoms with Gasteiger partial charge in [-0.3, -0.25) is 9.97 Å². The molecule has 0 amide bonds. The highest BCUT2D eigenvalue weighted by molar-refractivity contribution is 9.09. The molecule has 2 fully saturated rings. The number of rotatable bonds is 19. The van der Waals surface area contributed by atoms with Crippen LogP contribution in [-0.4, -0.2) is 110 Å². The smallest absolute Gasteiger partial charge is 0.141 e. The number of aromatic nitrogens is 8. The second-order valence-electron chi connectivity index (χ2n) is 22.4. The molecule has 2 saturated heterocycles. The number of hydrogen-bond acceptors (Lipinski definition) is 14. The summed E-state index contributed by atoms with van der Waals surface area (Å²) in [5.41, 5.74) is 8.52. The first kappa shape index (κ1) is 70.8. The van der Waals surface area contributed by atoms with Crippen LogP contribution in [0.15, 0.2) is 134 Å². The van der Waals surface area contributed by atoms with E-state index in [1.54, 1.807) is 38.5 Å². The van der Waals surface area contributed by atoms with E-state index in [0.717, 1.165) is 104 Å². The first-order valence-electron chi connectivity index (χ1n) is 29.9. The highest BCUT2D eigenvalue weighted by Gasteiger charge is 2.27. The van der Waals surface area contributed by atoms with Crippen molar-refractivity contribution in [3.8, 4) is 12.1 Å². The molecule has 2 atom stereocenters. The number of hydrogen-bond donors (Lipinski definition) is 3. The number of anilines is 4. The van der Waals surface area contributed by atoms with Gasteiger partial charge in [-0.1, -0.05) is 97.0 Å². The molecular weight excluding hydrogens is 1380 g/mol. The normalized spacial score (nSPS) is 14.2. The van der Waals surface area contributed by atoms with Gasteiger partial charge in [0.05, 0.1) is 90.3 Å². The minimum atomic E-state index is -0.547. The van der Waals surface area contributed by atoms with Crippen LogP contribution >= 0.6 is 74.7 Å². The van der Waals surface area contributed by atoms with E-state index in [1.807, 2.05) is 46.0 Å². The molecule has 0 radical (unpaired) electrons. The summed E-state index contributed by atoms with van der Waals surface area (Å²) < 4.78 is 69.2. The molecule has 16 nitrogen and oxygen atoms in total. The van der Waals surface area contributed by atoms with Crippen molar-refractivity contribution in [2.75, 3.05) is 76.1 Å². The minimum Gasteiger partial charge on any atom is -0.384 e. The standard InChI is InChI=1S/C34H31Cl2F2N7O.C31H25Cl2F2N7.C3H7BrO.ClH/c1-46-13-12-44-10-8-26(9-11-44)45-20-32(42-43-45)27(22-2-4-24(37)5-3-22)14-21-15-28-33(41-25-6-7-31(38)29(35)17-25)23(18-39)19-40-34(28)30(36)16-21;32-26-14-22(5-6-28(26)35)39-30-20(15-36)16-38-31-25(30)12-18(13-27(31)33)11-24(19-1-3-21(34)4-2-19)29-17-42(41-40-29)23-7-9-37-10-8-23;1-5-3-2-4;/h2-7,15-17,19-20,26-27H,8-14H2,1H3,(H,40,41);1-6,12-14,16-17,23-24,37H,7-11H2,(H,38,39);2-3H2,1H3;1H/t27-;24-;;/m00../s1. The summed E-state index contributed by atoms with van der Waals surface area (Å²) in [7, 11) is 3.40. The van der Waals surface area contributed by atoms with E-state index in [4.69, 9.17) is 51.1 Å². The Bertz CT molecular complexity index is 4290.